The maximum Gasteiger partial charge on any atom is 0.254 e. The van der Waals surface area contributed by atoms with Crippen LogP contribution in [0.3, 0.4) is 0 Å². The van der Waals surface area contributed by atoms with Gasteiger partial charge in [0.05, 0.1) is 11.4 Å². The van der Waals surface area contributed by atoms with Crippen LogP contribution in [0.5, 0.6) is 0 Å². The molecule has 0 aliphatic carbocycles. The fourth-order valence-electron chi connectivity index (χ4n) is 3.94. The number of rotatable bonds is 3. The summed E-state index contributed by atoms with van der Waals surface area (Å²) in [5, 5.41) is 0. The molecule has 4 rings (SSSR count). The number of sulfonamides is 1. The van der Waals surface area contributed by atoms with Crippen molar-refractivity contribution < 1.29 is 13.2 Å². The van der Waals surface area contributed by atoms with Crippen molar-refractivity contribution >= 4 is 38.7 Å². The molecule has 0 atom stereocenters. The van der Waals surface area contributed by atoms with Crippen molar-refractivity contribution in [2.75, 3.05) is 26.2 Å². The molecule has 2 aromatic rings. The second-order valence-electron chi connectivity index (χ2n) is 7.36. The van der Waals surface area contributed by atoms with Gasteiger partial charge >= 0.3 is 0 Å². The minimum Gasteiger partial charge on any atom is -0.336 e. The number of fused-ring (bicyclic) bond motifs is 1. The highest BCUT2D eigenvalue weighted by Crippen LogP contribution is 2.38. The number of carbonyl (C=O) groups is 1. The average molecular weight is 431 g/mol. The van der Waals surface area contributed by atoms with Gasteiger partial charge in [-0.15, -0.1) is 0 Å². The molecule has 2 aromatic carbocycles. The van der Waals surface area contributed by atoms with Gasteiger partial charge in [0.1, 0.15) is 16.3 Å². The molecule has 1 saturated heterocycles. The molecule has 2 heterocycles. The number of nitrogens with zero attached hydrogens (tertiary/aromatic N) is 4. The summed E-state index contributed by atoms with van der Waals surface area (Å²) in [6, 6.07) is 9.00. The molecule has 2 aliphatic rings. The van der Waals surface area contributed by atoms with Gasteiger partial charge in [-0.05, 0) is 44.0 Å². The predicted molar refractivity (Wildman–Crippen MR) is 113 cm³/mol. The summed E-state index contributed by atoms with van der Waals surface area (Å²) in [5.41, 5.74) is 4.72. The zero-order valence-electron chi connectivity index (χ0n) is 16.5. The van der Waals surface area contributed by atoms with Gasteiger partial charge in [-0.25, -0.2) is 8.42 Å². The van der Waals surface area contributed by atoms with Gasteiger partial charge in [-0.3, -0.25) is 4.79 Å². The Hall–Kier alpha value is -2.36. The van der Waals surface area contributed by atoms with E-state index >= 15 is 0 Å². The van der Waals surface area contributed by atoms with Crippen molar-refractivity contribution in [1.82, 2.24) is 9.21 Å². The first-order chi connectivity index (χ1) is 13.8. The molecule has 0 aromatic heterocycles. The van der Waals surface area contributed by atoms with E-state index in [4.69, 9.17) is 0 Å². The van der Waals surface area contributed by atoms with Crippen LogP contribution in [-0.2, 0) is 21.4 Å². The van der Waals surface area contributed by atoms with E-state index in [1.165, 1.54) is 4.31 Å². The van der Waals surface area contributed by atoms with E-state index in [9.17, 15) is 13.2 Å². The van der Waals surface area contributed by atoms with Crippen LogP contribution >= 0.6 is 0 Å². The number of aryl methyl sites for hydroxylation is 3. The first-order valence-corrected chi connectivity index (χ1v) is 11.5. The maximum absolute atomic E-state index is 13.2. The van der Waals surface area contributed by atoms with Gasteiger partial charge in [0.25, 0.3) is 5.91 Å². The Morgan fingerprint density at radius 3 is 2.31 bits per heavy atom. The second kappa shape index (κ2) is 7.47. The van der Waals surface area contributed by atoms with Crippen LogP contribution in [0.25, 0.3) is 0 Å². The molecular formula is C20H22N4O3S2. The van der Waals surface area contributed by atoms with Crippen LogP contribution in [0.1, 0.15) is 27.0 Å². The molecule has 0 spiro atoms. The van der Waals surface area contributed by atoms with Crippen molar-refractivity contribution in [3.63, 3.8) is 0 Å². The number of piperazine rings is 1. The molecule has 7 nitrogen and oxygen atoms in total. The van der Waals surface area contributed by atoms with Crippen LogP contribution in [0.15, 0.2) is 44.0 Å². The normalized spacial score (nSPS) is 16.6. The second-order valence-corrected chi connectivity index (χ2v) is 9.79. The van der Waals surface area contributed by atoms with Crippen LogP contribution in [0.2, 0.25) is 0 Å². The van der Waals surface area contributed by atoms with E-state index in [-0.39, 0.29) is 23.9 Å². The molecule has 1 amide bonds. The number of hydrogen-bond acceptors (Lipinski definition) is 5. The average Bonchev–Trinajstić information content (AvgIpc) is 3.16. The largest absolute Gasteiger partial charge is 0.336 e. The van der Waals surface area contributed by atoms with Crippen molar-refractivity contribution in [2.24, 2.45) is 8.73 Å². The first-order valence-electron chi connectivity index (χ1n) is 9.37. The van der Waals surface area contributed by atoms with E-state index < -0.39 is 10.0 Å². The molecule has 0 radical (unpaired) electrons. The lowest BCUT2D eigenvalue weighted by Crippen LogP contribution is -2.50. The third-order valence-electron chi connectivity index (χ3n) is 5.28. The third kappa shape index (κ3) is 3.54. The van der Waals surface area contributed by atoms with Gasteiger partial charge in [-0.2, -0.15) is 13.0 Å². The Morgan fingerprint density at radius 1 is 1.00 bits per heavy atom. The van der Waals surface area contributed by atoms with Crippen molar-refractivity contribution in [1.29, 1.82) is 0 Å². The fraction of sp³-hybridized carbons (Fsp3) is 0.350. The lowest BCUT2D eigenvalue weighted by molar-refractivity contribution is 0.0696. The molecule has 0 N–H and O–H groups in total. The van der Waals surface area contributed by atoms with Gasteiger partial charge in [0.2, 0.25) is 10.0 Å². The molecule has 0 bridgehead atoms. The Morgan fingerprint density at radius 2 is 1.66 bits per heavy atom. The summed E-state index contributed by atoms with van der Waals surface area (Å²) in [6.45, 7) is 7.12. The van der Waals surface area contributed by atoms with Gasteiger partial charge < -0.3 is 4.90 Å². The molecule has 9 heteroatoms. The van der Waals surface area contributed by atoms with Crippen molar-refractivity contribution in [3.8, 4) is 0 Å². The van der Waals surface area contributed by atoms with Crippen molar-refractivity contribution in [2.45, 2.75) is 25.7 Å². The van der Waals surface area contributed by atoms with Gasteiger partial charge in [-0.1, -0.05) is 23.8 Å². The number of benzene rings is 2. The highest BCUT2D eigenvalue weighted by atomic mass is 32.2. The molecule has 152 valence electrons. The van der Waals surface area contributed by atoms with Gasteiger partial charge in [0, 0.05) is 31.7 Å². The minimum absolute atomic E-state index is 0.0390. The number of carbonyl (C=O) groups excluding carboxylic acids is 1. The molecule has 0 unspecified atom stereocenters. The monoisotopic (exact) mass is 430 g/mol. The van der Waals surface area contributed by atoms with Crippen LogP contribution in [0.4, 0.5) is 11.4 Å². The Bertz CT molecular complexity index is 1150. The molecule has 29 heavy (non-hydrogen) atoms. The summed E-state index contributed by atoms with van der Waals surface area (Å²) in [4.78, 5) is 15.0. The first kappa shape index (κ1) is 19.9. The lowest BCUT2D eigenvalue weighted by Gasteiger charge is -2.34. The highest BCUT2D eigenvalue weighted by Gasteiger charge is 2.33. The maximum atomic E-state index is 13.2. The summed E-state index contributed by atoms with van der Waals surface area (Å²) in [7, 11) is -3.69. The van der Waals surface area contributed by atoms with E-state index in [2.05, 4.69) is 8.73 Å². The van der Waals surface area contributed by atoms with Crippen LogP contribution in [0, 0.1) is 20.8 Å². The third-order valence-corrected chi connectivity index (χ3v) is 7.76. The Kier molecular flexibility index (Phi) is 5.14. The van der Waals surface area contributed by atoms with Crippen LogP contribution in [-0.4, -0.2) is 49.7 Å². The van der Waals surface area contributed by atoms with E-state index in [0.29, 0.717) is 30.0 Å². The number of hydrogen-bond donors (Lipinski definition) is 0. The smallest absolute Gasteiger partial charge is 0.254 e. The molecule has 2 aliphatic heterocycles. The minimum atomic E-state index is -3.69. The Balaban J connectivity index is 1.52. The zero-order valence-corrected chi connectivity index (χ0v) is 18.2. The fourth-order valence-corrected chi connectivity index (χ4v) is 6.11. The van der Waals surface area contributed by atoms with Crippen molar-refractivity contribution in [3.05, 3.63) is 52.6 Å². The lowest BCUT2D eigenvalue weighted by atomic mass is 9.98. The van der Waals surface area contributed by atoms with E-state index in [1.54, 1.807) is 23.1 Å². The van der Waals surface area contributed by atoms with E-state index in [0.717, 1.165) is 28.0 Å². The Labute approximate surface area is 174 Å². The molecule has 1 fully saturated rings. The summed E-state index contributed by atoms with van der Waals surface area (Å²) >= 11 is 0.999. The quantitative estimate of drug-likeness (QED) is 0.638. The molecular weight excluding hydrogens is 408 g/mol. The summed E-state index contributed by atoms with van der Waals surface area (Å²) < 4.78 is 36.0. The zero-order chi connectivity index (χ0) is 20.8. The van der Waals surface area contributed by atoms with Crippen LogP contribution < -0.4 is 0 Å². The SMILES string of the molecule is Cc1cc(C)c(C(=O)N2CCN(S(=O)(=O)c3cccc4c3N=S=N4)CC2)c(C)c1. The number of amides is 1. The summed E-state index contributed by atoms with van der Waals surface area (Å²) in [5.74, 6) is -0.0390. The summed E-state index contributed by atoms with van der Waals surface area (Å²) in [6.07, 6.45) is 0. The van der Waals surface area contributed by atoms with E-state index in [1.807, 2.05) is 32.9 Å². The van der Waals surface area contributed by atoms with Gasteiger partial charge in [0.15, 0.2) is 0 Å². The topological polar surface area (TPSA) is 82.4 Å². The standard InChI is InChI=1S/C20H22N4O3S2/c1-13-11-14(2)18(15(3)12-13)20(25)23-7-9-24(10-8-23)29(26,27)17-6-4-5-16-19(17)22-28-21-16/h4-6,11-12H,7-10H2,1-3H3. The highest BCUT2D eigenvalue weighted by molar-refractivity contribution is 7.89. The predicted octanol–water partition coefficient (Wildman–Crippen LogP) is 3.48. The molecule has 0 saturated carbocycles.